The molecule has 1 amide bonds. The van der Waals surface area contributed by atoms with E-state index in [2.05, 4.69) is 0 Å². The Bertz CT molecular complexity index is 1220. The van der Waals surface area contributed by atoms with E-state index in [1.807, 2.05) is 32.0 Å². The minimum absolute atomic E-state index is 0.0199. The average molecular weight is 417 g/mol. The Morgan fingerprint density at radius 1 is 1.03 bits per heavy atom. The van der Waals surface area contributed by atoms with Crippen LogP contribution in [0.3, 0.4) is 0 Å². The highest BCUT2D eigenvalue weighted by Crippen LogP contribution is 2.43. The van der Waals surface area contributed by atoms with Crippen molar-refractivity contribution in [3.05, 3.63) is 88.4 Å². The SMILES string of the molecule is COc1cccc(/C(O)=C2/C(=O)C(=O)N(c3cc(C)ccc3C)C2c2ccc(C)o2)c1. The minimum atomic E-state index is -0.889. The van der Waals surface area contributed by atoms with Crippen molar-refractivity contribution in [2.75, 3.05) is 12.0 Å². The summed E-state index contributed by atoms with van der Waals surface area (Å²) >= 11 is 0. The number of aliphatic hydroxyl groups excluding tert-OH is 1. The molecule has 158 valence electrons. The number of Topliss-reactive ketones (excluding diaryl/α,β-unsaturated/α-hetero) is 1. The lowest BCUT2D eigenvalue weighted by Gasteiger charge is -2.25. The summed E-state index contributed by atoms with van der Waals surface area (Å²) in [5.41, 5.74) is 2.75. The normalized spacial score (nSPS) is 17.9. The van der Waals surface area contributed by atoms with Crippen molar-refractivity contribution >= 4 is 23.1 Å². The van der Waals surface area contributed by atoms with Crippen LogP contribution in [0.1, 0.15) is 34.3 Å². The maximum atomic E-state index is 13.2. The number of rotatable bonds is 4. The van der Waals surface area contributed by atoms with Crippen LogP contribution in [-0.4, -0.2) is 23.9 Å². The van der Waals surface area contributed by atoms with Crippen molar-refractivity contribution in [3.8, 4) is 5.75 Å². The number of methoxy groups -OCH3 is 1. The number of carbonyl (C=O) groups excluding carboxylic acids is 2. The molecule has 6 nitrogen and oxygen atoms in total. The Morgan fingerprint density at radius 2 is 1.81 bits per heavy atom. The van der Waals surface area contributed by atoms with Crippen molar-refractivity contribution in [1.29, 1.82) is 0 Å². The van der Waals surface area contributed by atoms with Gasteiger partial charge in [-0.25, -0.2) is 0 Å². The summed E-state index contributed by atoms with van der Waals surface area (Å²) in [6.45, 7) is 5.58. The van der Waals surface area contributed by atoms with Gasteiger partial charge in [0.2, 0.25) is 0 Å². The molecule has 2 heterocycles. The Morgan fingerprint density at radius 3 is 2.48 bits per heavy atom. The summed E-state index contributed by atoms with van der Waals surface area (Å²) in [4.78, 5) is 27.8. The van der Waals surface area contributed by atoms with Gasteiger partial charge in [0.25, 0.3) is 11.7 Å². The number of furan rings is 1. The number of ether oxygens (including phenoxy) is 1. The van der Waals surface area contributed by atoms with E-state index in [0.29, 0.717) is 28.5 Å². The number of nitrogens with zero attached hydrogens (tertiary/aromatic N) is 1. The third kappa shape index (κ3) is 3.50. The Labute approximate surface area is 180 Å². The number of anilines is 1. The molecule has 0 saturated carbocycles. The first kappa shape index (κ1) is 20.5. The summed E-state index contributed by atoms with van der Waals surface area (Å²) in [6, 6.07) is 15.0. The van der Waals surface area contributed by atoms with E-state index in [9.17, 15) is 14.7 Å². The van der Waals surface area contributed by atoms with Gasteiger partial charge in [-0.3, -0.25) is 14.5 Å². The molecule has 1 saturated heterocycles. The van der Waals surface area contributed by atoms with Crippen LogP contribution in [0.2, 0.25) is 0 Å². The predicted molar refractivity (Wildman–Crippen MR) is 117 cm³/mol. The molecule has 0 radical (unpaired) electrons. The fourth-order valence-electron chi connectivity index (χ4n) is 3.86. The molecule has 2 aromatic carbocycles. The van der Waals surface area contributed by atoms with Crippen LogP contribution in [0.15, 0.2) is 64.6 Å². The van der Waals surface area contributed by atoms with Gasteiger partial charge in [0.1, 0.15) is 29.1 Å². The molecule has 4 rings (SSSR count). The molecule has 1 aliphatic heterocycles. The van der Waals surface area contributed by atoms with E-state index in [1.54, 1.807) is 43.3 Å². The topological polar surface area (TPSA) is 80.0 Å². The smallest absolute Gasteiger partial charge is 0.300 e. The monoisotopic (exact) mass is 417 g/mol. The minimum Gasteiger partial charge on any atom is -0.507 e. The molecule has 1 unspecified atom stereocenters. The summed E-state index contributed by atoms with van der Waals surface area (Å²) in [6.07, 6.45) is 0. The first-order chi connectivity index (χ1) is 14.8. The molecular weight excluding hydrogens is 394 g/mol. The summed E-state index contributed by atoms with van der Waals surface area (Å²) in [5, 5.41) is 11.1. The van der Waals surface area contributed by atoms with Gasteiger partial charge in [-0.2, -0.15) is 0 Å². The second-order valence-electron chi connectivity index (χ2n) is 7.64. The fraction of sp³-hybridized carbons (Fsp3) is 0.200. The third-order valence-corrected chi connectivity index (χ3v) is 5.44. The molecule has 0 bridgehead atoms. The van der Waals surface area contributed by atoms with E-state index < -0.39 is 17.7 Å². The van der Waals surface area contributed by atoms with E-state index in [0.717, 1.165) is 11.1 Å². The first-order valence-electron chi connectivity index (χ1n) is 9.91. The number of aryl methyl sites for hydroxylation is 3. The Balaban J connectivity index is 1.97. The molecule has 0 aliphatic carbocycles. The number of ketones is 1. The second kappa shape index (κ2) is 7.80. The maximum Gasteiger partial charge on any atom is 0.300 e. The lowest BCUT2D eigenvalue weighted by atomic mass is 9.98. The zero-order valence-electron chi connectivity index (χ0n) is 17.8. The molecule has 1 aliphatic rings. The van der Waals surface area contributed by atoms with Gasteiger partial charge < -0.3 is 14.3 Å². The number of hydrogen-bond acceptors (Lipinski definition) is 5. The maximum absolute atomic E-state index is 13.2. The lowest BCUT2D eigenvalue weighted by Crippen LogP contribution is -2.30. The van der Waals surface area contributed by atoms with Crippen LogP contribution in [0.25, 0.3) is 5.76 Å². The van der Waals surface area contributed by atoms with Gasteiger partial charge in [-0.15, -0.1) is 0 Å². The van der Waals surface area contributed by atoms with Crippen LogP contribution < -0.4 is 9.64 Å². The van der Waals surface area contributed by atoms with Crippen molar-refractivity contribution in [2.24, 2.45) is 0 Å². The Hall–Kier alpha value is -3.80. The fourth-order valence-corrected chi connectivity index (χ4v) is 3.86. The molecule has 6 heteroatoms. The number of aliphatic hydroxyl groups is 1. The van der Waals surface area contributed by atoms with Crippen molar-refractivity contribution in [3.63, 3.8) is 0 Å². The van der Waals surface area contributed by atoms with Crippen molar-refractivity contribution in [1.82, 2.24) is 0 Å². The first-order valence-corrected chi connectivity index (χ1v) is 9.91. The van der Waals surface area contributed by atoms with E-state index in [-0.39, 0.29) is 11.3 Å². The number of benzene rings is 2. The van der Waals surface area contributed by atoms with Crippen molar-refractivity contribution in [2.45, 2.75) is 26.8 Å². The van der Waals surface area contributed by atoms with Gasteiger partial charge in [-0.05, 0) is 62.2 Å². The van der Waals surface area contributed by atoms with E-state index in [4.69, 9.17) is 9.15 Å². The van der Waals surface area contributed by atoms with Crippen LogP contribution in [0.5, 0.6) is 5.75 Å². The quantitative estimate of drug-likeness (QED) is 0.373. The van der Waals surface area contributed by atoms with Crippen LogP contribution in [0.4, 0.5) is 5.69 Å². The zero-order valence-corrected chi connectivity index (χ0v) is 17.8. The highest BCUT2D eigenvalue weighted by molar-refractivity contribution is 6.51. The molecule has 31 heavy (non-hydrogen) atoms. The molecule has 1 atom stereocenters. The molecule has 1 aromatic heterocycles. The summed E-state index contributed by atoms with van der Waals surface area (Å²) < 4.78 is 11.1. The molecule has 3 aromatic rings. The van der Waals surface area contributed by atoms with Crippen LogP contribution in [-0.2, 0) is 9.59 Å². The summed E-state index contributed by atoms with van der Waals surface area (Å²) in [7, 11) is 1.52. The highest BCUT2D eigenvalue weighted by Gasteiger charge is 2.48. The lowest BCUT2D eigenvalue weighted by molar-refractivity contribution is -0.132. The van der Waals surface area contributed by atoms with Gasteiger partial charge in [0, 0.05) is 11.3 Å². The van der Waals surface area contributed by atoms with Gasteiger partial charge in [0.15, 0.2) is 0 Å². The van der Waals surface area contributed by atoms with Crippen molar-refractivity contribution < 1.29 is 23.8 Å². The van der Waals surface area contributed by atoms with E-state index in [1.165, 1.54) is 12.0 Å². The average Bonchev–Trinajstić information content (AvgIpc) is 3.30. The zero-order chi connectivity index (χ0) is 22.3. The Kier molecular flexibility index (Phi) is 5.15. The van der Waals surface area contributed by atoms with E-state index >= 15 is 0 Å². The standard InChI is InChI=1S/C25H23NO5/c1-14-8-9-15(2)19(12-14)26-22(20-11-10-16(3)31-20)21(24(28)25(26)29)23(27)17-6-5-7-18(13-17)30-4/h5-13,22,27H,1-4H3/b23-21-. The molecular formula is C25H23NO5. The van der Waals surface area contributed by atoms with Gasteiger partial charge in [0.05, 0.1) is 12.7 Å². The van der Waals surface area contributed by atoms with Crippen LogP contribution in [0, 0.1) is 20.8 Å². The second-order valence-corrected chi connectivity index (χ2v) is 7.64. The van der Waals surface area contributed by atoms with Crippen LogP contribution >= 0.6 is 0 Å². The number of hydrogen-bond donors (Lipinski definition) is 1. The van der Waals surface area contributed by atoms with Gasteiger partial charge >= 0.3 is 0 Å². The largest absolute Gasteiger partial charge is 0.507 e. The summed E-state index contributed by atoms with van der Waals surface area (Å²) in [5.74, 6) is -0.176. The van der Waals surface area contributed by atoms with Gasteiger partial charge in [-0.1, -0.05) is 24.3 Å². The molecule has 1 fully saturated rings. The number of carbonyl (C=O) groups is 2. The highest BCUT2D eigenvalue weighted by atomic mass is 16.5. The molecule has 1 N–H and O–H groups in total. The third-order valence-electron chi connectivity index (χ3n) is 5.44. The number of amides is 1. The molecule has 0 spiro atoms. The predicted octanol–water partition coefficient (Wildman–Crippen LogP) is 4.84.